The van der Waals surface area contributed by atoms with Crippen molar-refractivity contribution in [3.63, 3.8) is 0 Å². The number of unbranched alkanes of at least 4 members (excludes halogenated alkanes) is 3. The van der Waals surface area contributed by atoms with Gasteiger partial charge >= 0.3 is 0 Å². The van der Waals surface area contributed by atoms with Crippen molar-refractivity contribution in [3.05, 3.63) is 22.8 Å². The predicted octanol–water partition coefficient (Wildman–Crippen LogP) is 4.43. The largest absolute Gasteiger partial charge is 0.491 e. The number of halogens is 3. The van der Waals surface area contributed by atoms with E-state index in [0.29, 0.717) is 6.61 Å². The van der Waals surface area contributed by atoms with Crippen LogP contribution in [0.2, 0.25) is 0 Å². The van der Waals surface area contributed by atoms with E-state index in [1.54, 1.807) is 0 Å². The molecule has 0 fully saturated rings. The zero-order valence-corrected chi connectivity index (χ0v) is 15.9. The van der Waals surface area contributed by atoms with Crippen LogP contribution in [0.15, 0.2) is 12.1 Å². The molecule has 0 spiro atoms. The van der Waals surface area contributed by atoms with Crippen LogP contribution in [0.3, 0.4) is 0 Å². The van der Waals surface area contributed by atoms with Crippen LogP contribution < -0.4 is 4.74 Å². The molecule has 96 valence electrons. The Kier molecular flexibility index (Phi) is 8.72. The van der Waals surface area contributed by atoms with Crippen molar-refractivity contribution < 1.29 is 9.84 Å². The summed E-state index contributed by atoms with van der Waals surface area (Å²) in [6.07, 6.45) is 4.16. The first kappa shape index (κ1) is 16.2. The van der Waals surface area contributed by atoms with Crippen molar-refractivity contribution in [1.29, 1.82) is 0 Å². The Balaban J connectivity index is 2.36. The molecular weight excluding hydrogens is 557 g/mol. The fraction of sp³-hybridized carbons (Fsp3) is 0.500. The van der Waals surface area contributed by atoms with E-state index in [0.717, 1.165) is 38.0 Å². The average Bonchev–Trinajstić information content (AvgIpc) is 2.26. The summed E-state index contributed by atoms with van der Waals surface area (Å²) in [6, 6.07) is 4.26. The van der Waals surface area contributed by atoms with Gasteiger partial charge < -0.3 is 9.84 Å². The molecule has 17 heavy (non-hydrogen) atoms. The molecule has 0 atom stereocenters. The molecule has 0 heterocycles. The summed E-state index contributed by atoms with van der Waals surface area (Å²) in [7, 11) is 0. The lowest BCUT2D eigenvalue weighted by Gasteiger charge is -2.10. The van der Waals surface area contributed by atoms with Crippen molar-refractivity contribution >= 4 is 67.8 Å². The highest BCUT2D eigenvalue weighted by atomic mass is 127. The molecule has 1 aromatic carbocycles. The summed E-state index contributed by atoms with van der Waals surface area (Å²) >= 11 is 6.96. The van der Waals surface area contributed by atoms with E-state index >= 15 is 0 Å². The molecule has 0 saturated heterocycles. The van der Waals surface area contributed by atoms with E-state index in [9.17, 15) is 0 Å². The van der Waals surface area contributed by atoms with Crippen molar-refractivity contribution in [2.75, 3.05) is 13.2 Å². The van der Waals surface area contributed by atoms with Crippen LogP contribution in [0, 0.1) is 10.7 Å². The van der Waals surface area contributed by atoms with Crippen molar-refractivity contribution in [2.24, 2.45) is 0 Å². The highest BCUT2D eigenvalue weighted by Gasteiger charge is 2.07. The second-order valence-electron chi connectivity index (χ2n) is 3.68. The van der Waals surface area contributed by atoms with Gasteiger partial charge in [0.25, 0.3) is 0 Å². The minimum atomic E-state index is 0.299. The number of aliphatic hydroxyl groups is 1. The minimum Gasteiger partial charge on any atom is -0.491 e. The first-order valence-corrected chi connectivity index (χ1v) is 8.77. The summed E-state index contributed by atoms with van der Waals surface area (Å²) < 4.78 is 9.41. The van der Waals surface area contributed by atoms with E-state index in [-0.39, 0.29) is 0 Å². The fourth-order valence-electron chi connectivity index (χ4n) is 1.41. The summed E-state index contributed by atoms with van der Waals surface area (Å²) in [5.74, 6) is 1.01. The number of hydrogen-bond donors (Lipinski definition) is 1. The van der Waals surface area contributed by atoms with Gasteiger partial charge in [0, 0.05) is 10.2 Å². The van der Waals surface area contributed by atoms with Crippen molar-refractivity contribution in [1.82, 2.24) is 0 Å². The highest BCUT2D eigenvalue weighted by molar-refractivity contribution is 14.1. The second-order valence-corrected chi connectivity index (χ2v) is 7.25. The van der Waals surface area contributed by atoms with Gasteiger partial charge in [-0.25, -0.2) is 0 Å². The normalized spacial score (nSPS) is 10.6. The van der Waals surface area contributed by atoms with Crippen molar-refractivity contribution in [2.45, 2.75) is 25.7 Å². The van der Waals surface area contributed by atoms with Crippen LogP contribution >= 0.6 is 67.8 Å². The smallest absolute Gasteiger partial charge is 0.145 e. The Morgan fingerprint density at radius 1 is 0.941 bits per heavy atom. The number of benzene rings is 1. The van der Waals surface area contributed by atoms with Crippen LogP contribution in [-0.4, -0.2) is 18.3 Å². The monoisotopic (exact) mass is 572 g/mol. The SMILES string of the molecule is OCCCCCCOc1c(I)cc(I)cc1I. The van der Waals surface area contributed by atoms with Crippen LogP contribution in [0.1, 0.15) is 25.7 Å². The number of rotatable bonds is 7. The maximum Gasteiger partial charge on any atom is 0.145 e. The third-order valence-electron chi connectivity index (χ3n) is 2.26. The Bertz CT molecular complexity index is 333. The standard InChI is InChI=1S/C12H15I3O2/c13-9-7-10(14)12(11(15)8-9)17-6-4-2-1-3-5-16/h7-8,16H,1-6H2. The maximum absolute atomic E-state index is 8.67. The first-order valence-electron chi connectivity index (χ1n) is 5.53. The van der Waals surface area contributed by atoms with E-state index in [1.807, 2.05) is 0 Å². The fourth-order valence-corrected chi connectivity index (χ4v) is 5.30. The van der Waals surface area contributed by atoms with Gasteiger partial charge in [-0.2, -0.15) is 0 Å². The lowest BCUT2D eigenvalue weighted by molar-refractivity contribution is 0.272. The van der Waals surface area contributed by atoms with E-state index in [4.69, 9.17) is 9.84 Å². The summed E-state index contributed by atoms with van der Waals surface area (Å²) in [4.78, 5) is 0. The first-order chi connectivity index (χ1) is 8.15. The Morgan fingerprint density at radius 2 is 1.53 bits per heavy atom. The number of hydrogen-bond acceptors (Lipinski definition) is 2. The molecular formula is C12H15I3O2. The van der Waals surface area contributed by atoms with Gasteiger partial charge in [0.1, 0.15) is 5.75 Å². The molecule has 0 aromatic heterocycles. The number of ether oxygens (including phenoxy) is 1. The molecule has 0 amide bonds. The molecule has 0 aliphatic rings. The van der Waals surface area contributed by atoms with Gasteiger partial charge in [0.15, 0.2) is 0 Å². The molecule has 1 aromatic rings. The summed E-state index contributed by atoms with van der Waals surface area (Å²) in [5, 5.41) is 8.67. The van der Waals surface area contributed by atoms with Crippen LogP contribution in [0.5, 0.6) is 5.75 Å². The Morgan fingerprint density at radius 3 is 2.12 bits per heavy atom. The minimum absolute atomic E-state index is 0.299. The third-order valence-corrected chi connectivity index (χ3v) is 4.49. The molecule has 1 rings (SSSR count). The van der Waals surface area contributed by atoms with Gasteiger partial charge in [-0.15, -0.1) is 0 Å². The van der Waals surface area contributed by atoms with Gasteiger partial charge in [-0.3, -0.25) is 0 Å². The van der Waals surface area contributed by atoms with E-state index < -0.39 is 0 Å². The van der Waals surface area contributed by atoms with Gasteiger partial charge in [-0.1, -0.05) is 6.42 Å². The third kappa shape index (κ3) is 6.24. The maximum atomic E-state index is 8.67. The molecule has 0 bridgehead atoms. The lowest BCUT2D eigenvalue weighted by atomic mass is 10.2. The van der Waals surface area contributed by atoms with E-state index in [2.05, 4.69) is 79.9 Å². The lowest BCUT2D eigenvalue weighted by Crippen LogP contribution is -2.01. The van der Waals surface area contributed by atoms with Crippen LogP contribution in [0.4, 0.5) is 0 Å². The summed E-state index contributed by atoms with van der Waals surface area (Å²) in [5.41, 5.74) is 0. The Labute approximate surface area is 143 Å². The molecule has 1 N–H and O–H groups in total. The molecule has 0 unspecified atom stereocenters. The van der Waals surface area contributed by atoms with Gasteiger partial charge in [0.2, 0.25) is 0 Å². The van der Waals surface area contributed by atoms with Gasteiger partial charge in [0.05, 0.1) is 13.7 Å². The Hall–Kier alpha value is 1.17. The topological polar surface area (TPSA) is 29.5 Å². The van der Waals surface area contributed by atoms with Gasteiger partial charge in [-0.05, 0) is 99.2 Å². The van der Waals surface area contributed by atoms with Crippen molar-refractivity contribution in [3.8, 4) is 5.75 Å². The molecule has 5 heteroatoms. The molecule has 0 aliphatic carbocycles. The molecule has 2 nitrogen and oxygen atoms in total. The second kappa shape index (κ2) is 9.13. The average molecular weight is 572 g/mol. The predicted molar refractivity (Wildman–Crippen MR) is 95.6 cm³/mol. The molecule has 0 saturated carbocycles. The van der Waals surface area contributed by atoms with Crippen LogP contribution in [0.25, 0.3) is 0 Å². The zero-order valence-electron chi connectivity index (χ0n) is 9.39. The zero-order chi connectivity index (χ0) is 12.7. The number of aliphatic hydroxyl groups excluding tert-OH is 1. The van der Waals surface area contributed by atoms with Crippen LogP contribution in [-0.2, 0) is 0 Å². The molecule has 0 aliphatic heterocycles. The molecule has 0 radical (unpaired) electrons. The highest BCUT2D eigenvalue weighted by Crippen LogP contribution is 2.29. The quantitative estimate of drug-likeness (QED) is 0.388. The summed E-state index contributed by atoms with van der Waals surface area (Å²) in [6.45, 7) is 1.06. The van der Waals surface area contributed by atoms with E-state index in [1.165, 1.54) is 10.7 Å².